The predicted molar refractivity (Wildman–Crippen MR) is 64.9 cm³/mol. The third-order valence-electron chi connectivity index (χ3n) is 2.16. The number of rotatable bonds is 6. The molecular formula is C11H15FmN2O3S-. The Morgan fingerprint density at radius 1 is 1.50 bits per heavy atom. The molecule has 106 valence electrons. The van der Waals surface area contributed by atoms with E-state index in [0.29, 0.717) is 11.6 Å². The van der Waals surface area contributed by atoms with Gasteiger partial charge in [-0.3, -0.25) is 0 Å². The van der Waals surface area contributed by atoms with Crippen LogP contribution >= 0.6 is 11.3 Å². The van der Waals surface area contributed by atoms with Crippen LogP contribution in [0.3, 0.4) is 0 Å². The van der Waals surface area contributed by atoms with Crippen LogP contribution in [0.15, 0.2) is 0 Å². The first-order valence-electron chi connectivity index (χ1n) is 5.31. The van der Waals surface area contributed by atoms with Gasteiger partial charge >= 0.3 is 5.97 Å². The third-order valence-corrected chi connectivity index (χ3v) is 3.24. The van der Waals surface area contributed by atoms with Gasteiger partial charge < -0.3 is 15.2 Å². The summed E-state index contributed by atoms with van der Waals surface area (Å²) >= 11 is 1.17. The molecule has 7 heteroatoms. The Balaban J connectivity index is 0.00000289. The molecule has 0 unspecified atom stereocenters. The van der Waals surface area contributed by atoms with Gasteiger partial charge in [0.2, 0.25) is 0 Å². The van der Waals surface area contributed by atoms with Crippen molar-refractivity contribution in [2.24, 2.45) is 5.92 Å². The molecule has 1 heterocycles. The van der Waals surface area contributed by atoms with Gasteiger partial charge in [0, 0.05) is 12.5 Å². The zero-order valence-electron chi connectivity index (χ0n) is 10.3. The number of aromatic carboxylic acids is 1. The van der Waals surface area contributed by atoms with E-state index in [1.807, 2.05) is 13.8 Å². The quantitative estimate of drug-likeness (QED) is 0.450. The van der Waals surface area contributed by atoms with E-state index in [9.17, 15) is 9.59 Å². The van der Waals surface area contributed by atoms with Crippen LogP contribution in [0.25, 0.3) is 0 Å². The van der Waals surface area contributed by atoms with Crippen LogP contribution in [0.5, 0.6) is 0 Å². The molecule has 0 aromatic carbocycles. The molecule has 0 radical (unpaired) electrons. The standard InChI is InChI=1S/C11H15N2O3S.Fm/c1-6(2)4-8-13-9(7(3)12-5-14)10(17-8)11(15)16;/h6-7H,4H2,1-3H3,(H,12,14)(H,15,16);/q-1;/t7-;/m0./s1. The summed E-state index contributed by atoms with van der Waals surface area (Å²) in [6.07, 6.45) is 2.29. The number of amides is 1. The van der Waals surface area contributed by atoms with E-state index in [-0.39, 0.29) is 4.88 Å². The fourth-order valence-electron chi connectivity index (χ4n) is 1.42. The fourth-order valence-corrected chi connectivity index (χ4v) is 2.63. The summed E-state index contributed by atoms with van der Waals surface area (Å²) in [4.78, 5) is 25.8. The molecule has 0 aliphatic carbocycles. The Labute approximate surface area is 104 Å². The SMILES string of the molecule is CC(C)Cc1nc([C@H](C)N[C-]=O)c(C(=O)O)s1.[Fm]. The van der Waals surface area contributed by atoms with Crippen molar-refractivity contribution in [3.05, 3.63) is 15.6 Å². The maximum absolute atomic E-state index is 11.1. The van der Waals surface area contributed by atoms with Crippen LogP contribution < -0.4 is 5.32 Å². The number of hydrogen-bond donors (Lipinski definition) is 2. The summed E-state index contributed by atoms with van der Waals surface area (Å²) in [5.41, 5.74) is 0.404. The second-order valence-electron chi connectivity index (χ2n) is 4.19. The summed E-state index contributed by atoms with van der Waals surface area (Å²) < 4.78 is 0. The van der Waals surface area contributed by atoms with E-state index in [1.54, 1.807) is 13.3 Å². The van der Waals surface area contributed by atoms with Gasteiger partial charge in [-0.25, -0.2) is 9.78 Å². The van der Waals surface area contributed by atoms with Crippen LogP contribution in [0, 0.1) is 5.92 Å². The zero-order chi connectivity index (χ0) is 13.0. The van der Waals surface area contributed by atoms with E-state index in [2.05, 4.69) is 10.3 Å². The Bertz CT molecular complexity index is 420. The third kappa shape index (κ3) is 3.55. The second-order valence-corrected chi connectivity index (χ2v) is 5.28. The molecule has 1 aromatic rings. The number of aromatic nitrogens is 1. The molecule has 1 atom stereocenters. The van der Waals surface area contributed by atoms with Crippen LogP contribution in [0.2, 0.25) is 0 Å². The summed E-state index contributed by atoms with van der Waals surface area (Å²) in [5.74, 6) is -0.594. The smallest absolute Gasteiger partial charge is 0.347 e. The summed E-state index contributed by atoms with van der Waals surface area (Å²) in [5, 5.41) is 12.3. The first-order valence-corrected chi connectivity index (χ1v) is 6.13. The fraction of sp³-hybridized carbons (Fsp3) is 0.545. The number of carboxylic acid groups (broad SMARTS) is 1. The number of hydrogen-bond acceptors (Lipinski definition) is 4. The van der Waals surface area contributed by atoms with Gasteiger partial charge in [-0.1, -0.05) is 13.8 Å². The molecule has 2 N–H and O–H groups in total. The van der Waals surface area contributed by atoms with Crippen molar-refractivity contribution in [1.82, 2.24) is 10.3 Å². The van der Waals surface area contributed by atoms with Gasteiger partial charge in [0.05, 0.1) is 10.7 Å². The number of carbonyl (C=O) groups is 1. The number of nitrogens with zero attached hydrogens (tertiary/aromatic N) is 1. The molecule has 0 aliphatic heterocycles. The van der Waals surface area contributed by atoms with E-state index in [1.165, 1.54) is 11.3 Å². The van der Waals surface area contributed by atoms with E-state index in [4.69, 9.17) is 5.11 Å². The minimum Gasteiger partial charge on any atom is -0.523 e. The van der Waals surface area contributed by atoms with Crippen molar-refractivity contribution < 1.29 is 14.7 Å². The first kappa shape index (κ1) is 15.6. The number of thiazole rings is 1. The minimum atomic E-state index is -1.01. The van der Waals surface area contributed by atoms with Crippen LogP contribution in [-0.4, -0.2) is 22.5 Å². The summed E-state index contributed by atoms with van der Waals surface area (Å²) in [6, 6.07) is -0.434. The van der Waals surface area contributed by atoms with E-state index in [0.717, 1.165) is 11.4 Å². The van der Waals surface area contributed by atoms with Gasteiger partial charge in [-0.05, 0) is 12.8 Å². The van der Waals surface area contributed by atoms with Crippen LogP contribution in [0.1, 0.15) is 47.2 Å². The predicted octanol–water partition coefficient (Wildman–Crippen LogP) is 1.76. The van der Waals surface area contributed by atoms with Gasteiger partial charge in [0.15, 0.2) is 0 Å². The van der Waals surface area contributed by atoms with Crippen molar-refractivity contribution in [3.8, 4) is 0 Å². The number of carbonyl (C=O) groups excluding carboxylic acids is 1. The largest absolute Gasteiger partial charge is 0.523 e. The van der Waals surface area contributed by atoms with Gasteiger partial charge in [0.1, 0.15) is 4.88 Å². The number of nitrogens with one attached hydrogen (secondary N) is 1. The normalized spacial score (nSPS) is 11.8. The van der Waals surface area contributed by atoms with Crippen LogP contribution in [-0.2, 0) is 11.2 Å². The molecular weight excluding hydrogens is 497 g/mol. The molecule has 5 nitrogen and oxygen atoms in total. The van der Waals surface area contributed by atoms with Gasteiger partial charge in [-0.15, -0.1) is 11.3 Å². The monoisotopic (exact) mass is 512 g/mol. The topological polar surface area (TPSA) is 79.3 Å². The molecule has 0 saturated carbocycles. The van der Waals surface area contributed by atoms with Crippen molar-refractivity contribution in [2.75, 3.05) is 0 Å². The van der Waals surface area contributed by atoms with Crippen molar-refractivity contribution >= 4 is 23.7 Å². The van der Waals surface area contributed by atoms with Crippen molar-refractivity contribution in [1.29, 1.82) is 0 Å². The van der Waals surface area contributed by atoms with Crippen molar-refractivity contribution in [3.63, 3.8) is 0 Å². The Hall–Kier alpha value is -2.43. The van der Waals surface area contributed by atoms with E-state index >= 15 is 0 Å². The zero-order valence-corrected chi connectivity index (χ0v) is 13.5. The van der Waals surface area contributed by atoms with Crippen molar-refractivity contribution in [2.45, 2.75) is 33.2 Å². The molecule has 0 bridgehead atoms. The molecule has 0 fully saturated rings. The second kappa shape index (κ2) is 6.34. The summed E-state index contributed by atoms with van der Waals surface area (Å²) in [6.45, 7) is 5.77. The molecule has 0 saturated heterocycles. The average molecular weight is 512 g/mol. The van der Waals surface area contributed by atoms with Crippen LogP contribution in [0.4, 0.5) is 0 Å². The Morgan fingerprint density at radius 2 is 2.11 bits per heavy atom. The average Bonchev–Trinajstić information content (AvgIpc) is 2.61. The maximum Gasteiger partial charge on any atom is 0.347 e. The molecule has 18 heavy (non-hydrogen) atoms. The number of carboxylic acids is 1. The maximum atomic E-state index is 11.1. The van der Waals surface area contributed by atoms with Gasteiger partial charge in [-0.2, -0.15) is 6.41 Å². The first-order chi connectivity index (χ1) is 7.95. The molecule has 1 aromatic heterocycles. The molecule has 0 aliphatic rings. The molecule has 0 spiro atoms. The molecule has 1 amide bonds. The molecule has 1 rings (SSSR count). The Kier molecular flexibility index (Phi) is 5.48. The van der Waals surface area contributed by atoms with Gasteiger partial charge in [0.25, 0.3) is 0 Å². The summed E-state index contributed by atoms with van der Waals surface area (Å²) in [7, 11) is 0. The minimum absolute atomic E-state index is 0. The van der Waals surface area contributed by atoms with E-state index < -0.39 is 12.0 Å². The Morgan fingerprint density at radius 3 is 2.56 bits per heavy atom.